The average molecular weight is 235 g/mol. The molecule has 3 rings (SSSR count). The molecule has 0 N–H and O–H groups in total. The summed E-state index contributed by atoms with van der Waals surface area (Å²) in [5.74, 6) is 1.41. The van der Waals surface area contributed by atoms with Crippen molar-refractivity contribution in [2.24, 2.45) is 0 Å². The van der Waals surface area contributed by atoms with E-state index in [1.54, 1.807) is 12.3 Å². The Hall–Kier alpha value is -1.42. The summed E-state index contributed by atoms with van der Waals surface area (Å²) >= 11 is 5.98. The highest BCUT2D eigenvalue weighted by molar-refractivity contribution is 6.29. The highest BCUT2D eigenvalue weighted by atomic mass is 35.5. The lowest BCUT2D eigenvalue weighted by atomic mass is 10.3. The van der Waals surface area contributed by atoms with E-state index in [1.165, 1.54) is 12.8 Å². The summed E-state index contributed by atoms with van der Waals surface area (Å²) in [7, 11) is 0. The van der Waals surface area contributed by atoms with Crippen molar-refractivity contribution in [3.05, 3.63) is 41.2 Å². The summed E-state index contributed by atoms with van der Waals surface area (Å²) in [6.07, 6.45) is 6.03. The largest absolute Gasteiger partial charge is 0.267 e. The van der Waals surface area contributed by atoms with Crippen LogP contribution in [0.15, 0.2) is 24.5 Å². The van der Waals surface area contributed by atoms with Gasteiger partial charge in [0.2, 0.25) is 0 Å². The summed E-state index contributed by atoms with van der Waals surface area (Å²) in [5, 5.41) is 4.67. The third kappa shape index (κ3) is 2.07. The molecule has 1 aliphatic carbocycles. The van der Waals surface area contributed by atoms with Crippen LogP contribution in [0.4, 0.5) is 0 Å². The van der Waals surface area contributed by atoms with Crippen LogP contribution >= 0.6 is 11.6 Å². The molecule has 0 unspecified atom stereocenters. The molecular weight excluding hydrogens is 224 g/mol. The smallest absolute Gasteiger partial charge is 0.133 e. The zero-order valence-corrected chi connectivity index (χ0v) is 9.43. The van der Waals surface area contributed by atoms with Crippen LogP contribution in [0.5, 0.6) is 0 Å². The molecular formula is C11H11ClN4. The maximum absolute atomic E-state index is 5.98. The van der Waals surface area contributed by atoms with Gasteiger partial charge >= 0.3 is 0 Å². The van der Waals surface area contributed by atoms with Crippen molar-refractivity contribution in [3.63, 3.8) is 0 Å². The van der Waals surface area contributed by atoms with Crippen molar-refractivity contribution in [2.75, 3.05) is 0 Å². The molecule has 0 radical (unpaired) electrons. The predicted molar refractivity (Wildman–Crippen MR) is 60.3 cm³/mol. The quantitative estimate of drug-likeness (QED) is 0.765. The van der Waals surface area contributed by atoms with Gasteiger partial charge in [0.1, 0.15) is 11.0 Å². The van der Waals surface area contributed by atoms with Crippen LogP contribution in [0.2, 0.25) is 5.15 Å². The molecule has 0 aliphatic heterocycles. The number of halogens is 1. The summed E-state index contributed by atoms with van der Waals surface area (Å²) in [6.45, 7) is 0.648. The van der Waals surface area contributed by atoms with Crippen molar-refractivity contribution in [2.45, 2.75) is 25.3 Å². The first-order valence-electron chi connectivity index (χ1n) is 5.32. The Morgan fingerprint density at radius 1 is 1.38 bits per heavy atom. The van der Waals surface area contributed by atoms with Crippen LogP contribution in [0.1, 0.15) is 30.3 Å². The van der Waals surface area contributed by atoms with E-state index < -0.39 is 0 Å². The third-order valence-corrected chi connectivity index (χ3v) is 2.78. The highest BCUT2D eigenvalue weighted by Crippen LogP contribution is 2.38. The van der Waals surface area contributed by atoms with E-state index >= 15 is 0 Å². The Kier molecular flexibility index (Phi) is 2.36. The molecule has 1 aliphatic rings. The van der Waals surface area contributed by atoms with Gasteiger partial charge in [0.05, 0.1) is 12.2 Å². The number of nitrogens with zero attached hydrogens (tertiary/aromatic N) is 4. The summed E-state index contributed by atoms with van der Waals surface area (Å²) in [6, 6.07) is 3.69. The molecule has 0 atom stereocenters. The molecule has 4 nitrogen and oxygen atoms in total. The molecule has 5 heteroatoms. The van der Waals surface area contributed by atoms with Crippen LogP contribution in [0, 0.1) is 0 Å². The van der Waals surface area contributed by atoms with E-state index in [4.69, 9.17) is 11.6 Å². The fourth-order valence-electron chi connectivity index (χ4n) is 1.65. The molecule has 1 fully saturated rings. The molecule has 0 aromatic carbocycles. The molecule has 1 saturated carbocycles. The standard InChI is InChI=1S/C11H11ClN4/c12-10-6-9(7-16-5-1-4-13-16)14-11(15-10)8-2-3-8/h1,4-6,8H,2-3,7H2. The van der Waals surface area contributed by atoms with Gasteiger partial charge < -0.3 is 0 Å². The molecule has 0 bridgehead atoms. The van der Waals surface area contributed by atoms with Crippen LogP contribution in [-0.4, -0.2) is 19.7 Å². The molecule has 0 saturated heterocycles. The second kappa shape index (κ2) is 3.87. The normalized spacial score (nSPS) is 15.3. The maximum atomic E-state index is 5.98. The molecule has 16 heavy (non-hydrogen) atoms. The number of rotatable bonds is 3. The van der Waals surface area contributed by atoms with Crippen LogP contribution in [0.25, 0.3) is 0 Å². The Morgan fingerprint density at radius 3 is 2.94 bits per heavy atom. The molecule has 2 heterocycles. The first-order chi connectivity index (χ1) is 7.81. The van der Waals surface area contributed by atoms with Crippen molar-refractivity contribution < 1.29 is 0 Å². The second-order valence-corrected chi connectivity index (χ2v) is 4.41. The minimum atomic E-state index is 0.523. The van der Waals surface area contributed by atoms with Gasteiger partial charge in [-0.15, -0.1) is 0 Å². The lowest BCUT2D eigenvalue weighted by Gasteiger charge is -2.04. The Morgan fingerprint density at radius 2 is 2.25 bits per heavy atom. The molecule has 82 valence electrons. The topological polar surface area (TPSA) is 43.6 Å². The first kappa shape index (κ1) is 9.78. The van der Waals surface area contributed by atoms with Gasteiger partial charge in [-0.3, -0.25) is 4.68 Å². The zero-order chi connectivity index (χ0) is 11.0. The zero-order valence-electron chi connectivity index (χ0n) is 8.67. The van der Waals surface area contributed by atoms with Crippen LogP contribution < -0.4 is 0 Å². The minimum Gasteiger partial charge on any atom is -0.267 e. The predicted octanol–water partition coefficient (Wildman–Crippen LogP) is 2.25. The van der Waals surface area contributed by atoms with E-state index in [2.05, 4.69) is 15.1 Å². The minimum absolute atomic E-state index is 0.523. The van der Waals surface area contributed by atoms with Crippen molar-refractivity contribution in [1.82, 2.24) is 19.7 Å². The van der Waals surface area contributed by atoms with Gasteiger partial charge in [0, 0.05) is 18.3 Å². The van der Waals surface area contributed by atoms with Gasteiger partial charge in [0.25, 0.3) is 0 Å². The SMILES string of the molecule is Clc1cc(Cn2cccn2)nc(C2CC2)n1. The lowest BCUT2D eigenvalue weighted by molar-refractivity contribution is 0.665. The lowest BCUT2D eigenvalue weighted by Crippen LogP contribution is -2.05. The van der Waals surface area contributed by atoms with E-state index in [0.717, 1.165) is 11.5 Å². The average Bonchev–Trinajstić information content (AvgIpc) is 2.98. The van der Waals surface area contributed by atoms with E-state index in [1.807, 2.05) is 16.9 Å². The van der Waals surface area contributed by atoms with Gasteiger partial charge in [-0.1, -0.05) is 11.6 Å². The maximum Gasteiger partial charge on any atom is 0.133 e. The summed E-state index contributed by atoms with van der Waals surface area (Å²) in [5.41, 5.74) is 0.922. The van der Waals surface area contributed by atoms with Gasteiger partial charge in [-0.2, -0.15) is 5.10 Å². The third-order valence-electron chi connectivity index (χ3n) is 2.59. The van der Waals surface area contributed by atoms with Gasteiger partial charge in [-0.25, -0.2) is 9.97 Å². The van der Waals surface area contributed by atoms with E-state index in [-0.39, 0.29) is 0 Å². The Balaban J connectivity index is 1.88. The summed E-state index contributed by atoms with van der Waals surface area (Å²) < 4.78 is 1.83. The van der Waals surface area contributed by atoms with Crippen LogP contribution in [-0.2, 0) is 6.54 Å². The van der Waals surface area contributed by atoms with E-state index in [0.29, 0.717) is 17.6 Å². The van der Waals surface area contributed by atoms with Crippen molar-refractivity contribution in [3.8, 4) is 0 Å². The van der Waals surface area contributed by atoms with Gasteiger partial charge in [0.15, 0.2) is 0 Å². The monoisotopic (exact) mass is 234 g/mol. The summed E-state index contributed by atoms with van der Waals surface area (Å²) in [4.78, 5) is 8.76. The van der Waals surface area contributed by atoms with Gasteiger partial charge in [-0.05, 0) is 25.0 Å². The highest BCUT2D eigenvalue weighted by Gasteiger charge is 2.27. The molecule has 2 aromatic rings. The van der Waals surface area contributed by atoms with Crippen molar-refractivity contribution >= 4 is 11.6 Å². The van der Waals surface area contributed by atoms with Crippen LogP contribution in [0.3, 0.4) is 0 Å². The molecule has 2 aromatic heterocycles. The first-order valence-corrected chi connectivity index (χ1v) is 5.70. The fraction of sp³-hybridized carbons (Fsp3) is 0.364. The fourth-order valence-corrected chi connectivity index (χ4v) is 1.86. The Bertz CT molecular complexity index is 491. The van der Waals surface area contributed by atoms with Crippen molar-refractivity contribution in [1.29, 1.82) is 0 Å². The molecule has 0 amide bonds. The number of hydrogen-bond donors (Lipinski definition) is 0. The second-order valence-electron chi connectivity index (χ2n) is 4.02. The van der Waals surface area contributed by atoms with E-state index in [9.17, 15) is 0 Å². The molecule has 0 spiro atoms. The number of aromatic nitrogens is 4. The Labute approximate surface area is 98.3 Å². The number of hydrogen-bond acceptors (Lipinski definition) is 3.